The highest BCUT2D eigenvalue weighted by Crippen LogP contribution is 2.18. The molecule has 0 saturated carbocycles. The van der Waals surface area contributed by atoms with E-state index in [0.717, 1.165) is 12.8 Å². The predicted octanol–water partition coefficient (Wildman–Crippen LogP) is 0.751. The largest absolute Gasteiger partial charge is 0.345 e. The zero-order valence-electron chi connectivity index (χ0n) is 13.3. The smallest absolute Gasteiger partial charge is 0.320 e. The molecule has 0 atom stereocenters. The molecular formula is C14H20N6O3S. The van der Waals surface area contributed by atoms with Crippen molar-refractivity contribution in [3.63, 3.8) is 0 Å². The van der Waals surface area contributed by atoms with Gasteiger partial charge in [-0.1, -0.05) is 0 Å². The molecular weight excluding hydrogens is 332 g/mol. The van der Waals surface area contributed by atoms with E-state index in [9.17, 15) is 13.2 Å². The van der Waals surface area contributed by atoms with E-state index in [4.69, 9.17) is 0 Å². The molecule has 1 aliphatic heterocycles. The third-order valence-electron chi connectivity index (χ3n) is 4.10. The summed E-state index contributed by atoms with van der Waals surface area (Å²) in [6, 6.07) is 1.44. The minimum atomic E-state index is -3.12. The van der Waals surface area contributed by atoms with Gasteiger partial charge in [0.2, 0.25) is 10.0 Å². The Labute approximate surface area is 139 Å². The lowest BCUT2D eigenvalue weighted by Crippen LogP contribution is -2.41. The van der Waals surface area contributed by atoms with Gasteiger partial charge in [-0.2, -0.15) is 0 Å². The normalized spacial score (nSPS) is 17.0. The summed E-state index contributed by atoms with van der Waals surface area (Å²) in [5.74, 6) is 0.651. The minimum absolute atomic E-state index is 0.270. The zero-order valence-corrected chi connectivity index (χ0v) is 14.1. The van der Waals surface area contributed by atoms with Gasteiger partial charge in [0.05, 0.1) is 12.5 Å². The molecule has 0 bridgehead atoms. The van der Waals surface area contributed by atoms with Gasteiger partial charge in [0, 0.05) is 25.8 Å². The maximum atomic E-state index is 11.9. The number of fused-ring (bicyclic) bond motifs is 1. The number of nitrogens with one attached hydrogen (secondary N) is 3. The summed E-state index contributed by atoms with van der Waals surface area (Å²) < 4.78 is 24.4. The molecule has 3 heterocycles. The van der Waals surface area contributed by atoms with Crippen LogP contribution in [0, 0.1) is 5.92 Å². The van der Waals surface area contributed by atoms with Crippen molar-refractivity contribution in [2.24, 2.45) is 5.92 Å². The van der Waals surface area contributed by atoms with Crippen molar-refractivity contribution in [2.45, 2.75) is 12.8 Å². The highest BCUT2D eigenvalue weighted by molar-refractivity contribution is 7.88. The van der Waals surface area contributed by atoms with Gasteiger partial charge in [-0.15, -0.1) is 0 Å². The van der Waals surface area contributed by atoms with E-state index in [2.05, 4.69) is 25.6 Å². The summed E-state index contributed by atoms with van der Waals surface area (Å²) in [6.45, 7) is 1.51. The van der Waals surface area contributed by atoms with Crippen LogP contribution in [0.2, 0.25) is 0 Å². The third kappa shape index (κ3) is 4.01. The van der Waals surface area contributed by atoms with E-state index in [0.29, 0.717) is 36.6 Å². The number of nitrogens with zero attached hydrogens (tertiary/aromatic N) is 3. The second kappa shape index (κ2) is 6.73. The Bertz CT molecular complexity index is 826. The number of carbonyl (C=O) groups excluding carboxylic acids is 1. The summed E-state index contributed by atoms with van der Waals surface area (Å²) >= 11 is 0. The van der Waals surface area contributed by atoms with Crippen LogP contribution < -0.4 is 10.6 Å². The van der Waals surface area contributed by atoms with Crippen molar-refractivity contribution in [3.05, 3.63) is 18.5 Å². The first-order chi connectivity index (χ1) is 11.4. The molecule has 0 radical (unpaired) electrons. The molecule has 1 fully saturated rings. The molecule has 9 nitrogen and oxygen atoms in total. The number of H-pyrrole nitrogens is 1. The van der Waals surface area contributed by atoms with E-state index in [1.807, 2.05) is 0 Å². The molecule has 10 heteroatoms. The molecule has 2 aromatic heterocycles. The van der Waals surface area contributed by atoms with Gasteiger partial charge in [0.15, 0.2) is 11.5 Å². The van der Waals surface area contributed by atoms with E-state index in [1.54, 1.807) is 12.3 Å². The minimum Gasteiger partial charge on any atom is -0.345 e. The van der Waals surface area contributed by atoms with E-state index in [1.165, 1.54) is 16.8 Å². The van der Waals surface area contributed by atoms with Crippen molar-refractivity contribution in [2.75, 3.05) is 31.2 Å². The van der Waals surface area contributed by atoms with E-state index in [-0.39, 0.29) is 11.9 Å². The number of carbonyl (C=O) groups is 1. The molecule has 2 amide bonds. The average Bonchev–Trinajstić information content (AvgIpc) is 3.00. The first-order valence-electron chi connectivity index (χ1n) is 7.72. The number of amides is 2. The summed E-state index contributed by atoms with van der Waals surface area (Å²) in [5.41, 5.74) is 1.35. The van der Waals surface area contributed by atoms with Gasteiger partial charge in [0.1, 0.15) is 5.52 Å². The molecule has 2 aromatic rings. The van der Waals surface area contributed by atoms with Gasteiger partial charge in [0.25, 0.3) is 0 Å². The monoisotopic (exact) mass is 352 g/mol. The number of urea groups is 1. The first kappa shape index (κ1) is 16.7. The van der Waals surface area contributed by atoms with Crippen molar-refractivity contribution < 1.29 is 13.2 Å². The van der Waals surface area contributed by atoms with Crippen LogP contribution in [-0.2, 0) is 10.0 Å². The van der Waals surface area contributed by atoms with Crippen LogP contribution in [0.5, 0.6) is 0 Å². The maximum Gasteiger partial charge on any atom is 0.320 e. The number of rotatable bonds is 4. The van der Waals surface area contributed by atoms with Gasteiger partial charge in [-0.3, -0.25) is 5.32 Å². The lowest BCUT2D eigenvalue weighted by Gasteiger charge is -2.30. The average molecular weight is 352 g/mol. The second-order valence-corrected chi connectivity index (χ2v) is 7.89. The molecule has 130 valence electrons. The first-order valence-corrected chi connectivity index (χ1v) is 9.57. The lowest BCUT2D eigenvalue weighted by atomic mass is 9.98. The Morgan fingerprint density at radius 1 is 1.42 bits per heavy atom. The molecule has 1 aliphatic rings. The molecule has 3 N–H and O–H groups in total. The maximum absolute atomic E-state index is 11.9. The Balaban J connectivity index is 1.46. The van der Waals surface area contributed by atoms with Gasteiger partial charge >= 0.3 is 6.03 Å². The topological polar surface area (TPSA) is 120 Å². The highest BCUT2D eigenvalue weighted by Gasteiger charge is 2.25. The number of hydrogen-bond donors (Lipinski definition) is 3. The van der Waals surface area contributed by atoms with Crippen molar-refractivity contribution >= 4 is 33.0 Å². The van der Waals surface area contributed by atoms with Crippen LogP contribution in [0.1, 0.15) is 12.8 Å². The quantitative estimate of drug-likeness (QED) is 0.750. The van der Waals surface area contributed by atoms with Crippen LogP contribution >= 0.6 is 0 Å². The van der Waals surface area contributed by atoms with Gasteiger partial charge in [-0.25, -0.2) is 27.5 Å². The Morgan fingerprint density at radius 2 is 2.17 bits per heavy atom. The number of anilines is 1. The van der Waals surface area contributed by atoms with E-state index < -0.39 is 10.0 Å². The lowest BCUT2D eigenvalue weighted by molar-refractivity contribution is 0.240. The summed E-state index contributed by atoms with van der Waals surface area (Å²) in [6.07, 6.45) is 5.92. The number of aromatic nitrogens is 3. The molecule has 0 aliphatic carbocycles. The zero-order chi connectivity index (χ0) is 17.2. The standard InChI is InChI=1S/C14H20N6O3S/c1-24(22,23)20-6-3-10(4-7-20)8-17-14(21)19-12-9-16-13-11(18-12)2-5-15-13/h2,5,9-10H,3-4,6-8H2,1H3,(H,15,16)(H2,17,18,19,21). The fourth-order valence-electron chi connectivity index (χ4n) is 2.73. The van der Waals surface area contributed by atoms with Crippen molar-refractivity contribution in [3.8, 4) is 0 Å². The van der Waals surface area contributed by atoms with Crippen LogP contribution in [0.15, 0.2) is 18.5 Å². The van der Waals surface area contributed by atoms with Gasteiger partial charge in [-0.05, 0) is 24.8 Å². The number of piperidine rings is 1. The highest BCUT2D eigenvalue weighted by atomic mass is 32.2. The Kier molecular flexibility index (Phi) is 4.67. The molecule has 24 heavy (non-hydrogen) atoms. The molecule has 1 saturated heterocycles. The summed E-state index contributed by atoms with van der Waals surface area (Å²) in [7, 11) is -3.12. The van der Waals surface area contributed by atoms with E-state index >= 15 is 0 Å². The summed E-state index contributed by atoms with van der Waals surface area (Å²) in [4.78, 5) is 23.3. The van der Waals surface area contributed by atoms with Crippen LogP contribution in [0.25, 0.3) is 11.2 Å². The number of sulfonamides is 1. The fraction of sp³-hybridized carbons (Fsp3) is 0.500. The van der Waals surface area contributed by atoms with Crippen LogP contribution in [-0.4, -0.2) is 59.6 Å². The molecule has 0 aromatic carbocycles. The fourth-order valence-corrected chi connectivity index (χ4v) is 3.61. The van der Waals surface area contributed by atoms with Crippen molar-refractivity contribution in [1.29, 1.82) is 0 Å². The Morgan fingerprint density at radius 3 is 2.88 bits per heavy atom. The van der Waals surface area contributed by atoms with Gasteiger partial charge < -0.3 is 10.3 Å². The molecule has 0 unspecified atom stereocenters. The predicted molar refractivity (Wildman–Crippen MR) is 90.1 cm³/mol. The van der Waals surface area contributed by atoms with Crippen molar-refractivity contribution in [1.82, 2.24) is 24.6 Å². The SMILES string of the molecule is CS(=O)(=O)N1CCC(CNC(=O)Nc2cnc3[nH]ccc3n2)CC1. The number of hydrogen-bond acceptors (Lipinski definition) is 5. The summed E-state index contributed by atoms with van der Waals surface area (Å²) in [5, 5.41) is 5.46. The Hall–Kier alpha value is -2.20. The third-order valence-corrected chi connectivity index (χ3v) is 5.40. The number of aromatic amines is 1. The molecule has 3 rings (SSSR count). The van der Waals surface area contributed by atoms with Crippen LogP contribution in [0.4, 0.5) is 10.6 Å². The second-order valence-electron chi connectivity index (χ2n) is 5.91. The van der Waals surface area contributed by atoms with Crippen LogP contribution in [0.3, 0.4) is 0 Å². The molecule has 0 spiro atoms.